The summed E-state index contributed by atoms with van der Waals surface area (Å²) in [6, 6.07) is 11.9. The zero-order chi connectivity index (χ0) is 17.9. The first kappa shape index (κ1) is 16.4. The number of hydrogen-bond acceptors (Lipinski definition) is 2. The molecule has 1 aliphatic carbocycles. The van der Waals surface area contributed by atoms with Gasteiger partial charge in [0.2, 0.25) is 5.69 Å². The predicted molar refractivity (Wildman–Crippen MR) is 103 cm³/mol. The van der Waals surface area contributed by atoms with Crippen molar-refractivity contribution in [2.24, 2.45) is 7.05 Å². The first-order valence-corrected chi connectivity index (χ1v) is 8.93. The zero-order valence-corrected chi connectivity index (χ0v) is 14.8. The van der Waals surface area contributed by atoms with Gasteiger partial charge in [-0.25, -0.2) is 9.36 Å². The number of rotatable bonds is 2. The summed E-state index contributed by atoms with van der Waals surface area (Å²) >= 11 is 0. The molecule has 3 heteroatoms. The molecule has 26 heavy (non-hydrogen) atoms. The maximum absolute atomic E-state index is 12.4. The lowest BCUT2D eigenvalue weighted by Crippen LogP contribution is -2.30. The minimum Gasteiger partial charge on any atom is -0.422 e. The van der Waals surface area contributed by atoms with Crippen LogP contribution in [0, 0.1) is 11.8 Å². The Labute approximate surface area is 152 Å². The second kappa shape index (κ2) is 7.01. The molecule has 0 fully saturated rings. The Kier molecular flexibility index (Phi) is 4.41. The van der Waals surface area contributed by atoms with E-state index >= 15 is 0 Å². The lowest BCUT2D eigenvalue weighted by atomic mass is 9.97. The van der Waals surface area contributed by atoms with Crippen LogP contribution in [-0.4, -0.2) is 0 Å². The van der Waals surface area contributed by atoms with Crippen LogP contribution in [0.3, 0.4) is 0 Å². The van der Waals surface area contributed by atoms with E-state index < -0.39 is 0 Å². The van der Waals surface area contributed by atoms with Crippen molar-refractivity contribution in [2.75, 3.05) is 0 Å². The fourth-order valence-electron chi connectivity index (χ4n) is 3.24. The average molecular weight is 342 g/mol. The van der Waals surface area contributed by atoms with E-state index in [1.165, 1.54) is 5.56 Å². The summed E-state index contributed by atoms with van der Waals surface area (Å²) in [5, 5.41) is 0.947. The lowest BCUT2D eigenvalue weighted by Gasteiger charge is -2.09. The van der Waals surface area contributed by atoms with Crippen LogP contribution in [0.2, 0.25) is 0 Å². The number of pyridine rings is 1. The third-order valence-electron chi connectivity index (χ3n) is 4.73. The number of aromatic nitrogens is 1. The number of aryl methyl sites for hydroxylation is 2. The molecule has 3 nitrogen and oxygen atoms in total. The zero-order valence-electron chi connectivity index (χ0n) is 14.8. The largest absolute Gasteiger partial charge is 0.422 e. The van der Waals surface area contributed by atoms with Gasteiger partial charge in [0, 0.05) is 35.6 Å². The highest BCUT2D eigenvalue weighted by molar-refractivity contribution is 5.82. The van der Waals surface area contributed by atoms with Crippen molar-refractivity contribution in [2.45, 2.75) is 25.7 Å². The summed E-state index contributed by atoms with van der Waals surface area (Å²) in [6.07, 6.45) is 9.94. The van der Waals surface area contributed by atoms with Crippen molar-refractivity contribution >= 4 is 23.1 Å². The van der Waals surface area contributed by atoms with E-state index in [0.717, 1.165) is 42.3 Å². The lowest BCUT2D eigenvalue weighted by molar-refractivity contribution is -0.673. The Balaban J connectivity index is 1.78. The van der Waals surface area contributed by atoms with Crippen molar-refractivity contribution in [3.8, 4) is 11.8 Å². The molecule has 0 aliphatic heterocycles. The van der Waals surface area contributed by atoms with E-state index in [0.29, 0.717) is 11.1 Å². The normalized spacial score (nSPS) is 13.7. The quantitative estimate of drug-likeness (QED) is 0.402. The maximum Gasteiger partial charge on any atom is 0.343 e. The third kappa shape index (κ3) is 3.32. The minimum absolute atomic E-state index is 0.328. The molecule has 0 amide bonds. The van der Waals surface area contributed by atoms with Gasteiger partial charge in [-0.2, -0.15) is 0 Å². The molecule has 128 valence electrons. The fraction of sp³-hybridized carbons (Fsp3) is 0.217. The summed E-state index contributed by atoms with van der Waals surface area (Å²) in [7, 11) is 1.97. The van der Waals surface area contributed by atoms with Gasteiger partial charge in [-0.3, -0.25) is 0 Å². The maximum atomic E-state index is 12.4. The van der Waals surface area contributed by atoms with Crippen LogP contribution in [0.25, 0.3) is 23.1 Å². The van der Waals surface area contributed by atoms with E-state index in [9.17, 15) is 4.79 Å². The Morgan fingerprint density at radius 2 is 2.08 bits per heavy atom. The van der Waals surface area contributed by atoms with Crippen molar-refractivity contribution < 1.29 is 8.98 Å². The average Bonchev–Trinajstić information content (AvgIpc) is 2.61. The van der Waals surface area contributed by atoms with Crippen LogP contribution < -0.4 is 10.2 Å². The fourth-order valence-corrected chi connectivity index (χ4v) is 3.24. The molecular weight excluding hydrogens is 322 g/mol. The molecule has 0 saturated heterocycles. The number of nitrogens with zero attached hydrogens (tertiary/aromatic N) is 1. The van der Waals surface area contributed by atoms with E-state index in [1.54, 1.807) is 0 Å². The van der Waals surface area contributed by atoms with Gasteiger partial charge in [-0.1, -0.05) is 11.8 Å². The van der Waals surface area contributed by atoms with Crippen molar-refractivity contribution in [1.82, 2.24) is 0 Å². The Bertz CT molecular complexity index is 1130. The first-order chi connectivity index (χ1) is 12.7. The van der Waals surface area contributed by atoms with Gasteiger partial charge in [0.05, 0.1) is 5.56 Å². The van der Waals surface area contributed by atoms with Crippen LogP contribution in [0.5, 0.6) is 0 Å². The molecule has 0 bridgehead atoms. The molecule has 0 unspecified atom stereocenters. The van der Waals surface area contributed by atoms with Crippen LogP contribution in [-0.2, 0) is 13.5 Å². The van der Waals surface area contributed by atoms with Gasteiger partial charge in [0.1, 0.15) is 12.6 Å². The van der Waals surface area contributed by atoms with Gasteiger partial charge in [-0.05, 0) is 55.2 Å². The molecular formula is C23H20NO2+. The molecule has 0 N–H and O–H groups in total. The smallest absolute Gasteiger partial charge is 0.343 e. The molecule has 1 aliphatic rings. The Hall–Kier alpha value is -3.12. The highest BCUT2D eigenvalue weighted by Gasteiger charge is 2.10. The van der Waals surface area contributed by atoms with Gasteiger partial charge >= 0.3 is 5.63 Å². The van der Waals surface area contributed by atoms with E-state index in [1.807, 2.05) is 60.3 Å². The van der Waals surface area contributed by atoms with Gasteiger partial charge in [0.25, 0.3) is 0 Å². The SMILES string of the molecule is C[n+]1ccccc1C=Cc1cc2cc3c(cc2oc1=O)C#CCCCC3. The van der Waals surface area contributed by atoms with Crippen LogP contribution >= 0.6 is 0 Å². The highest BCUT2D eigenvalue weighted by Crippen LogP contribution is 2.23. The Morgan fingerprint density at radius 3 is 2.96 bits per heavy atom. The van der Waals surface area contributed by atoms with E-state index in [4.69, 9.17) is 4.42 Å². The number of hydrogen-bond donors (Lipinski definition) is 0. The van der Waals surface area contributed by atoms with E-state index in [2.05, 4.69) is 17.9 Å². The summed E-state index contributed by atoms with van der Waals surface area (Å²) in [4.78, 5) is 12.4. The molecule has 3 aromatic rings. The minimum atomic E-state index is -0.328. The first-order valence-electron chi connectivity index (χ1n) is 8.93. The van der Waals surface area contributed by atoms with Crippen molar-refractivity contribution in [3.05, 3.63) is 75.4 Å². The number of benzene rings is 1. The second-order valence-electron chi connectivity index (χ2n) is 6.62. The van der Waals surface area contributed by atoms with Gasteiger partial charge in [0.15, 0.2) is 6.20 Å². The second-order valence-corrected chi connectivity index (χ2v) is 6.62. The van der Waals surface area contributed by atoms with Crippen molar-refractivity contribution in [1.29, 1.82) is 0 Å². The van der Waals surface area contributed by atoms with E-state index in [-0.39, 0.29) is 5.63 Å². The standard InChI is InChI=1S/C23H20NO2/c1-24-13-7-6-10-21(24)12-11-19-15-20-14-17-8-4-2-3-5-9-18(17)16-22(20)26-23(19)25/h6-7,10-16H,2-4,8H2,1H3/q+1. The summed E-state index contributed by atoms with van der Waals surface area (Å²) in [5.41, 5.74) is 4.07. The molecule has 2 heterocycles. The molecule has 0 radical (unpaired) electrons. The molecule has 1 aromatic carbocycles. The summed E-state index contributed by atoms with van der Waals surface area (Å²) < 4.78 is 7.57. The third-order valence-corrected chi connectivity index (χ3v) is 4.73. The number of fused-ring (bicyclic) bond motifs is 2. The molecule has 0 saturated carbocycles. The summed E-state index contributed by atoms with van der Waals surface area (Å²) in [5.74, 6) is 6.41. The molecule has 4 rings (SSSR count). The molecule has 0 atom stereocenters. The van der Waals surface area contributed by atoms with Gasteiger partial charge in [-0.15, -0.1) is 0 Å². The Morgan fingerprint density at radius 1 is 1.15 bits per heavy atom. The van der Waals surface area contributed by atoms with Crippen LogP contribution in [0.4, 0.5) is 0 Å². The van der Waals surface area contributed by atoms with Gasteiger partial charge < -0.3 is 4.42 Å². The van der Waals surface area contributed by atoms with Crippen molar-refractivity contribution in [3.63, 3.8) is 0 Å². The van der Waals surface area contributed by atoms with Crippen LogP contribution in [0.15, 0.2) is 51.8 Å². The summed E-state index contributed by atoms with van der Waals surface area (Å²) in [6.45, 7) is 0. The predicted octanol–water partition coefficient (Wildman–Crippen LogP) is 3.87. The van der Waals surface area contributed by atoms with Crippen LogP contribution in [0.1, 0.15) is 41.6 Å². The monoisotopic (exact) mass is 342 g/mol. The molecule has 0 spiro atoms. The highest BCUT2D eigenvalue weighted by atomic mass is 16.4. The molecule has 2 aromatic heterocycles. The topological polar surface area (TPSA) is 34.1 Å².